The highest BCUT2D eigenvalue weighted by atomic mass is 35.5. The number of ether oxygens (including phenoxy) is 3. The first-order chi connectivity index (χ1) is 16.7. The Bertz CT molecular complexity index is 807. The van der Waals surface area contributed by atoms with E-state index in [1.54, 1.807) is 12.1 Å². The van der Waals surface area contributed by atoms with Crippen LogP contribution in [0.1, 0.15) is 76.1 Å². The van der Waals surface area contributed by atoms with Crippen LogP contribution in [0.25, 0.3) is 0 Å². The highest BCUT2D eigenvalue weighted by Gasteiger charge is 2.18. The molecule has 0 radical (unpaired) electrons. The van der Waals surface area contributed by atoms with Crippen molar-refractivity contribution in [3.8, 4) is 5.75 Å². The first kappa shape index (κ1) is 29.0. The van der Waals surface area contributed by atoms with Gasteiger partial charge >= 0.3 is 12.1 Å². The highest BCUT2D eigenvalue weighted by Crippen LogP contribution is 2.31. The third-order valence-corrected chi connectivity index (χ3v) is 6.00. The second kappa shape index (κ2) is 15.0. The van der Waals surface area contributed by atoms with Gasteiger partial charge in [0.25, 0.3) is 0 Å². The van der Waals surface area contributed by atoms with Gasteiger partial charge in [0.15, 0.2) is 0 Å². The van der Waals surface area contributed by atoms with E-state index in [0.717, 1.165) is 57.5 Å². The van der Waals surface area contributed by atoms with Crippen LogP contribution in [0.4, 0.5) is 10.5 Å². The second-order valence-electron chi connectivity index (χ2n) is 9.84. The van der Waals surface area contributed by atoms with Crippen LogP contribution >= 0.6 is 11.6 Å². The van der Waals surface area contributed by atoms with Crippen molar-refractivity contribution in [3.63, 3.8) is 0 Å². The van der Waals surface area contributed by atoms with Gasteiger partial charge in [-0.1, -0.05) is 30.9 Å². The SMILES string of the molecule is COc1cc(NCCCCCCNC(=O)OC(C)(C)C)c(Cl)cc1C(=O)OCCN1CCCCC1. The molecule has 8 nitrogen and oxygen atoms in total. The molecule has 2 N–H and O–H groups in total. The minimum atomic E-state index is -0.481. The maximum absolute atomic E-state index is 12.6. The summed E-state index contributed by atoms with van der Waals surface area (Å²) in [7, 11) is 1.53. The zero-order valence-electron chi connectivity index (χ0n) is 21.7. The fourth-order valence-corrected chi connectivity index (χ4v) is 4.11. The van der Waals surface area contributed by atoms with Crippen LogP contribution in [-0.4, -0.2) is 69.0 Å². The van der Waals surface area contributed by atoms with E-state index in [1.807, 2.05) is 20.8 Å². The van der Waals surface area contributed by atoms with Gasteiger partial charge < -0.3 is 24.8 Å². The number of likely N-dealkylation sites (tertiary alicyclic amines) is 1. The topological polar surface area (TPSA) is 89.1 Å². The lowest BCUT2D eigenvalue weighted by molar-refractivity contribution is 0.0447. The number of hydrogen-bond acceptors (Lipinski definition) is 7. The lowest BCUT2D eigenvalue weighted by Gasteiger charge is -2.26. The number of unbranched alkanes of at least 4 members (excludes halogenated alkanes) is 3. The molecule has 2 rings (SSSR count). The molecule has 1 aliphatic heterocycles. The summed E-state index contributed by atoms with van der Waals surface area (Å²) in [6.45, 7) is 10.1. The van der Waals surface area contributed by atoms with E-state index >= 15 is 0 Å². The molecule has 9 heteroatoms. The Kier molecular flexibility index (Phi) is 12.5. The summed E-state index contributed by atoms with van der Waals surface area (Å²) in [5.41, 5.74) is 0.574. The standard InChI is InChI=1S/C26H42ClN3O5/c1-26(2,3)35-25(32)29-13-9-6-5-8-12-28-22-19-23(33-4)20(18-21(22)27)24(31)34-17-16-30-14-10-7-11-15-30/h18-19,28H,5-17H2,1-4H3,(H,29,32). The summed E-state index contributed by atoms with van der Waals surface area (Å²) in [5, 5.41) is 6.54. The lowest BCUT2D eigenvalue weighted by atomic mass is 10.1. The number of rotatable bonds is 13. The van der Waals surface area contributed by atoms with Gasteiger partial charge in [0.05, 0.1) is 17.8 Å². The summed E-state index contributed by atoms with van der Waals surface area (Å²) in [4.78, 5) is 26.5. The molecule has 1 aliphatic rings. The monoisotopic (exact) mass is 511 g/mol. The van der Waals surface area contributed by atoms with Crippen LogP contribution in [0, 0.1) is 0 Å². The molecule has 1 aromatic carbocycles. The molecular weight excluding hydrogens is 470 g/mol. The third kappa shape index (κ3) is 11.4. The van der Waals surface area contributed by atoms with E-state index in [-0.39, 0.29) is 6.09 Å². The van der Waals surface area contributed by atoms with Gasteiger partial charge in [-0.05, 0) is 65.6 Å². The fraction of sp³-hybridized carbons (Fsp3) is 0.692. The Morgan fingerprint density at radius 3 is 2.37 bits per heavy atom. The molecule has 35 heavy (non-hydrogen) atoms. The summed E-state index contributed by atoms with van der Waals surface area (Å²) >= 11 is 6.43. The Morgan fingerprint density at radius 1 is 1.03 bits per heavy atom. The molecule has 0 aromatic heterocycles. The molecule has 0 bridgehead atoms. The number of piperidine rings is 1. The summed E-state index contributed by atoms with van der Waals surface area (Å²) in [6.07, 6.45) is 7.16. The van der Waals surface area contributed by atoms with E-state index in [4.69, 9.17) is 25.8 Å². The van der Waals surface area contributed by atoms with Crippen molar-refractivity contribution in [2.45, 2.75) is 71.3 Å². The number of anilines is 1. The maximum atomic E-state index is 12.6. The Labute approximate surface area is 215 Å². The number of benzene rings is 1. The molecular formula is C26H42ClN3O5. The van der Waals surface area contributed by atoms with Gasteiger partial charge in [-0.15, -0.1) is 0 Å². The van der Waals surface area contributed by atoms with Crippen molar-refractivity contribution < 1.29 is 23.8 Å². The summed E-state index contributed by atoms with van der Waals surface area (Å²) in [6, 6.07) is 3.35. The van der Waals surface area contributed by atoms with Crippen molar-refractivity contribution in [1.29, 1.82) is 0 Å². The van der Waals surface area contributed by atoms with E-state index in [2.05, 4.69) is 15.5 Å². The predicted octanol–water partition coefficient (Wildman–Crippen LogP) is 5.49. The van der Waals surface area contributed by atoms with Crippen molar-refractivity contribution in [2.24, 2.45) is 0 Å². The van der Waals surface area contributed by atoms with Gasteiger partial charge in [-0.3, -0.25) is 4.90 Å². The number of halogens is 1. The third-order valence-electron chi connectivity index (χ3n) is 5.69. The average molecular weight is 512 g/mol. The number of alkyl carbamates (subject to hydrolysis) is 1. The highest BCUT2D eigenvalue weighted by molar-refractivity contribution is 6.33. The number of hydrogen-bond donors (Lipinski definition) is 2. The van der Waals surface area contributed by atoms with Crippen LogP contribution in [0.2, 0.25) is 5.02 Å². The summed E-state index contributed by atoms with van der Waals surface area (Å²) < 4.78 is 16.1. The zero-order valence-corrected chi connectivity index (χ0v) is 22.5. The fourth-order valence-electron chi connectivity index (χ4n) is 3.88. The van der Waals surface area contributed by atoms with E-state index in [0.29, 0.717) is 29.5 Å². The number of nitrogens with one attached hydrogen (secondary N) is 2. The minimum Gasteiger partial charge on any atom is -0.496 e. The first-order valence-corrected chi connectivity index (χ1v) is 13.0. The average Bonchev–Trinajstić information content (AvgIpc) is 2.80. The molecule has 0 unspecified atom stereocenters. The second-order valence-corrected chi connectivity index (χ2v) is 10.2. The number of carbonyl (C=O) groups excluding carboxylic acids is 2. The molecule has 0 spiro atoms. The molecule has 1 saturated heterocycles. The van der Waals surface area contributed by atoms with Gasteiger partial charge in [-0.25, -0.2) is 9.59 Å². The predicted molar refractivity (Wildman–Crippen MR) is 140 cm³/mol. The molecule has 0 atom stereocenters. The van der Waals surface area contributed by atoms with Gasteiger partial charge in [0.1, 0.15) is 23.5 Å². The number of carbonyl (C=O) groups is 2. The van der Waals surface area contributed by atoms with E-state index in [9.17, 15) is 9.59 Å². The largest absolute Gasteiger partial charge is 0.496 e. The van der Waals surface area contributed by atoms with Crippen molar-refractivity contribution in [1.82, 2.24) is 10.2 Å². The number of nitrogens with zero attached hydrogens (tertiary/aromatic N) is 1. The lowest BCUT2D eigenvalue weighted by Crippen LogP contribution is -2.33. The normalized spacial score (nSPS) is 14.3. The van der Waals surface area contributed by atoms with E-state index in [1.165, 1.54) is 26.4 Å². The summed E-state index contributed by atoms with van der Waals surface area (Å²) in [5.74, 6) is 0.0143. The zero-order chi connectivity index (χ0) is 25.7. The van der Waals surface area contributed by atoms with Gasteiger partial charge in [0.2, 0.25) is 0 Å². The Morgan fingerprint density at radius 2 is 1.71 bits per heavy atom. The van der Waals surface area contributed by atoms with Crippen molar-refractivity contribution in [3.05, 3.63) is 22.7 Å². The molecule has 1 aromatic rings. The van der Waals surface area contributed by atoms with Crippen molar-refractivity contribution in [2.75, 3.05) is 51.8 Å². The Balaban J connectivity index is 1.69. The molecule has 1 fully saturated rings. The van der Waals surface area contributed by atoms with E-state index < -0.39 is 11.6 Å². The first-order valence-electron chi connectivity index (χ1n) is 12.7. The maximum Gasteiger partial charge on any atom is 0.407 e. The molecule has 0 saturated carbocycles. The number of methoxy groups -OCH3 is 1. The molecule has 0 aliphatic carbocycles. The van der Waals surface area contributed by atoms with Crippen LogP contribution in [0.5, 0.6) is 5.75 Å². The van der Waals surface area contributed by atoms with Crippen molar-refractivity contribution >= 4 is 29.4 Å². The number of esters is 1. The van der Waals surface area contributed by atoms with Crippen LogP contribution in [0.15, 0.2) is 12.1 Å². The Hall–Kier alpha value is -2.19. The number of amides is 1. The quantitative estimate of drug-likeness (QED) is 0.267. The molecule has 1 heterocycles. The minimum absolute atomic E-state index is 0.333. The molecule has 198 valence electrons. The van der Waals surface area contributed by atoms with Crippen LogP contribution in [-0.2, 0) is 9.47 Å². The smallest absolute Gasteiger partial charge is 0.407 e. The molecule has 1 amide bonds. The van der Waals surface area contributed by atoms with Gasteiger partial charge in [0, 0.05) is 25.7 Å². The van der Waals surface area contributed by atoms with Crippen LogP contribution in [0.3, 0.4) is 0 Å². The van der Waals surface area contributed by atoms with Gasteiger partial charge in [-0.2, -0.15) is 0 Å². The van der Waals surface area contributed by atoms with Crippen LogP contribution < -0.4 is 15.4 Å².